The van der Waals surface area contributed by atoms with Gasteiger partial charge in [0.2, 0.25) is 5.91 Å². The third-order valence-electron chi connectivity index (χ3n) is 2.15. The van der Waals surface area contributed by atoms with Gasteiger partial charge in [-0.25, -0.2) is 0 Å². The molecule has 0 bridgehead atoms. The van der Waals surface area contributed by atoms with Crippen LogP contribution in [0.5, 0.6) is 0 Å². The van der Waals surface area contributed by atoms with Gasteiger partial charge in [0.15, 0.2) is 5.11 Å². The SMILES string of the molecule is O=C1CCNC(=S)N1c1ccc(Cl)cc1. The van der Waals surface area contributed by atoms with Gasteiger partial charge in [0.25, 0.3) is 0 Å². The molecule has 5 heteroatoms. The summed E-state index contributed by atoms with van der Waals surface area (Å²) < 4.78 is 0. The number of carbonyl (C=O) groups is 1. The average Bonchev–Trinajstić information content (AvgIpc) is 2.20. The molecule has 15 heavy (non-hydrogen) atoms. The van der Waals surface area contributed by atoms with Gasteiger partial charge in [-0.3, -0.25) is 9.69 Å². The molecular weight excluding hydrogens is 232 g/mol. The molecule has 1 aliphatic heterocycles. The number of rotatable bonds is 1. The molecule has 2 rings (SSSR count). The largest absolute Gasteiger partial charge is 0.361 e. The van der Waals surface area contributed by atoms with Gasteiger partial charge in [-0.05, 0) is 36.5 Å². The van der Waals surface area contributed by atoms with Gasteiger partial charge in [-0.15, -0.1) is 0 Å². The number of thiocarbonyl (C=S) groups is 1. The van der Waals surface area contributed by atoms with Gasteiger partial charge in [0.05, 0.1) is 5.69 Å². The van der Waals surface area contributed by atoms with Crippen molar-refractivity contribution in [2.24, 2.45) is 0 Å². The summed E-state index contributed by atoms with van der Waals surface area (Å²) >= 11 is 10.9. The predicted molar refractivity (Wildman–Crippen MR) is 64.2 cm³/mol. The fraction of sp³-hybridized carbons (Fsp3) is 0.200. The highest BCUT2D eigenvalue weighted by Gasteiger charge is 2.23. The second-order valence-corrected chi connectivity index (χ2v) is 4.01. The van der Waals surface area contributed by atoms with Crippen LogP contribution in [-0.4, -0.2) is 17.6 Å². The van der Waals surface area contributed by atoms with Crippen LogP contribution in [0.1, 0.15) is 6.42 Å². The Bertz CT molecular complexity index is 388. The van der Waals surface area contributed by atoms with Crippen molar-refractivity contribution in [1.82, 2.24) is 5.32 Å². The quantitative estimate of drug-likeness (QED) is 0.762. The predicted octanol–water partition coefficient (Wildman–Crippen LogP) is 1.95. The van der Waals surface area contributed by atoms with E-state index in [0.29, 0.717) is 23.1 Å². The number of carbonyl (C=O) groups excluding carboxylic acids is 1. The van der Waals surface area contributed by atoms with E-state index in [0.717, 1.165) is 5.69 Å². The summed E-state index contributed by atoms with van der Waals surface area (Å²) in [6.07, 6.45) is 0.461. The van der Waals surface area contributed by atoms with Gasteiger partial charge in [-0.1, -0.05) is 11.6 Å². The van der Waals surface area contributed by atoms with Crippen LogP contribution in [0.25, 0.3) is 0 Å². The molecule has 1 fully saturated rings. The lowest BCUT2D eigenvalue weighted by atomic mass is 10.2. The van der Waals surface area contributed by atoms with Crippen LogP contribution in [0.15, 0.2) is 24.3 Å². The van der Waals surface area contributed by atoms with Crippen molar-refractivity contribution in [3.8, 4) is 0 Å². The highest BCUT2D eigenvalue weighted by molar-refractivity contribution is 7.80. The monoisotopic (exact) mass is 240 g/mol. The fourth-order valence-electron chi connectivity index (χ4n) is 1.43. The Morgan fingerprint density at radius 2 is 2.00 bits per heavy atom. The van der Waals surface area contributed by atoms with Crippen molar-refractivity contribution in [3.63, 3.8) is 0 Å². The first kappa shape index (κ1) is 10.4. The number of halogens is 1. The zero-order valence-corrected chi connectivity index (χ0v) is 9.44. The van der Waals surface area contributed by atoms with Crippen LogP contribution in [0.3, 0.4) is 0 Å². The first-order valence-electron chi connectivity index (χ1n) is 4.55. The maximum absolute atomic E-state index is 11.7. The van der Waals surface area contributed by atoms with Crippen molar-refractivity contribution in [2.45, 2.75) is 6.42 Å². The van der Waals surface area contributed by atoms with Crippen molar-refractivity contribution in [3.05, 3.63) is 29.3 Å². The molecule has 0 atom stereocenters. The molecule has 0 saturated carbocycles. The zero-order chi connectivity index (χ0) is 10.8. The second kappa shape index (κ2) is 4.16. The summed E-state index contributed by atoms with van der Waals surface area (Å²) in [4.78, 5) is 13.2. The van der Waals surface area contributed by atoms with Crippen LogP contribution in [0, 0.1) is 0 Å². The van der Waals surface area contributed by atoms with Crippen LogP contribution in [-0.2, 0) is 4.79 Å². The van der Waals surface area contributed by atoms with Crippen LogP contribution in [0.4, 0.5) is 5.69 Å². The molecule has 1 heterocycles. The van der Waals surface area contributed by atoms with E-state index in [2.05, 4.69) is 5.32 Å². The Hall–Kier alpha value is -1.13. The number of amides is 1. The number of nitrogens with one attached hydrogen (secondary N) is 1. The van der Waals surface area contributed by atoms with Crippen LogP contribution >= 0.6 is 23.8 Å². The minimum atomic E-state index is 0.0149. The minimum Gasteiger partial charge on any atom is -0.361 e. The number of hydrogen-bond donors (Lipinski definition) is 1. The molecule has 0 radical (unpaired) electrons. The van der Waals surface area contributed by atoms with Gasteiger partial charge >= 0.3 is 0 Å². The molecule has 3 nitrogen and oxygen atoms in total. The Morgan fingerprint density at radius 1 is 1.33 bits per heavy atom. The van der Waals surface area contributed by atoms with E-state index in [9.17, 15) is 4.79 Å². The lowest BCUT2D eigenvalue weighted by Gasteiger charge is -2.28. The topological polar surface area (TPSA) is 32.3 Å². The van der Waals surface area contributed by atoms with E-state index >= 15 is 0 Å². The summed E-state index contributed by atoms with van der Waals surface area (Å²) in [7, 11) is 0. The number of anilines is 1. The van der Waals surface area contributed by atoms with E-state index < -0.39 is 0 Å². The normalized spacial score (nSPS) is 16.5. The smallest absolute Gasteiger partial charge is 0.235 e. The first-order chi connectivity index (χ1) is 7.18. The van der Waals surface area contributed by atoms with E-state index in [4.69, 9.17) is 23.8 Å². The Balaban J connectivity index is 2.31. The summed E-state index contributed by atoms with van der Waals surface area (Å²) in [5.41, 5.74) is 0.751. The molecule has 1 N–H and O–H groups in total. The van der Waals surface area contributed by atoms with Gasteiger partial charge in [0.1, 0.15) is 0 Å². The van der Waals surface area contributed by atoms with Crippen molar-refractivity contribution < 1.29 is 4.79 Å². The molecule has 1 saturated heterocycles. The van der Waals surface area contributed by atoms with Gasteiger partial charge in [0, 0.05) is 18.0 Å². The molecule has 1 aromatic carbocycles. The molecule has 0 spiro atoms. The van der Waals surface area contributed by atoms with Gasteiger partial charge < -0.3 is 5.32 Å². The maximum Gasteiger partial charge on any atom is 0.235 e. The fourth-order valence-corrected chi connectivity index (χ4v) is 1.87. The number of benzene rings is 1. The zero-order valence-electron chi connectivity index (χ0n) is 7.87. The third kappa shape index (κ3) is 2.11. The molecule has 1 amide bonds. The molecule has 0 unspecified atom stereocenters. The number of nitrogens with zero attached hydrogens (tertiary/aromatic N) is 1. The molecule has 0 aromatic heterocycles. The summed E-state index contributed by atoms with van der Waals surface area (Å²) in [5, 5.41) is 4.07. The summed E-state index contributed by atoms with van der Waals surface area (Å²) in [5.74, 6) is 0.0149. The van der Waals surface area contributed by atoms with Crippen LogP contribution < -0.4 is 10.2 Å². The highest BCUT2D eigenvalue weighted by atomic mass is 35.5. The Labute approximate surface area is 98.0 Å². The Morgan fingerprint density at radius 3 is 2.60 bits per heavy atom. The molecular formula is C10H9ClN2OS. The summed E-state index contributed by atoms with van der Waals surface area (Å²) in [6, 6.07) is 7.03. The van der Waals surface area contributed by atoms with E-state index in [-0.39, 0.29) is 5.91 Å². The minimum absolute atomic E-state index is 0.0149. The molecule has 78 valence electrons. The first-order valence-corrected chi connectivity index (χ1v) is 5.33. The lowest BCUT2D eigenvalue weighted by Crippen LogP contribution is -2.49. The van der Waals surface area contributed by atoms with Gasteiger partial charge in [-0.2, -0.15) is 0 Å². The molecule has 1 aliphatic rings. The van der Waals surface area contributed by atoms with E-state index in [1.54, 1.807) is 24.3 Å². The highest BCUT2D eigenvalue weighted by Crippen LogP contribution is 2.20. The molecule has 0 aliphatic carbocycles. The van der Waals surface area contributed by atoms with Crippen molar-refractivity contribution in [2.75, 3.05) is 11.4 Å². The maximum atomic E-state index is 11.7. The average molecular weight is 241 g/mol. The van der Waals surface area contributed by atoms with Crippen LogP contribution in [0.2, 0.25) is 5.02 Å². The van der Waals surface area contributed by atoms with E-state index in [1.165, 1.54) is 4.90 Å². The number of hydrogen-bond acceptors (Lipinski definition) is 2. The molecule has 1 aromatic rings. The van der Waals surface area contributed by atoms with E-state index in [1.807, 2.05) is 0 Å². The van der Waals surface area contributed by atoms with Crippen molar-refractivity contribution >= 4 is 40.5 Å². The lowest BCUT2D eigenvalue weighted by molar-refractivity contribution is -0.117. The standard InChI is InChI=1S/C10H9ClN2OS/c11-7-1-3-8(4-2-7)13-9(14)5-6-12-10(13)15/h1-4H,5-6H2,(H,12,15). The third-order valence-corrected chi connectivity index (χ3v) is 2.73. The Kier molecular flexibility index (Phi) is 2.88. The second-order valence-electron chi connectivity index (χ2n) is 3.19. The summed E-state index contributed by atoms with van der Waals surface area (Å²) in [6.45, 7) is 0.613. The van der Waals surface area contributed by atoms with Crippen molar-refractivity contribution in [1.29, 1.82) is 0 Å².